The molecule has 0 saturated carbocycles. The predicted octanol–water partition coefficient (Wildman–Crippen LogP) is 1.01. The molecule has 0 spiro atoms. The van der Waals surface area contributed by atoms with Crippen molar-refractivity contribution in [3.8, 4) is 0 Å². The summed E-state index contributed by atoms with van der Waals surface area (Å²) in [7, 11) is 0. The van der Waals surface area contributed by atoms with Crippen LogP contribution in [0.1, 0.15) is 27.2 Å². The molecule has 0 amide bonds. The number of halogens is 1. The zero-order chi connectivity index (χ0) is 12.5. The molecule has 2 aliphatic heterocycles. The van der Waals surface area contributed by atoms with Crippen LogP contribution >= 0.6 is 0 Å². The SMILES string of the molecule is CC(C)(C)[C@@H]1C[C@](F)(CN2CCNCC2)CN1. The molecule has 0 bridgehead atoms. The Morgan fingerprint density at radius 3 is 2.47 bits per heavy atom. The molecule has 2 aliphatic rings. The van der Waals surface area contributed by atoms with Gasteiger partial charge in [0.15, 0.2) is 0 Å². The second-order valence-electron chi connectivity index (χ2n) is 6.68. The summed E-state index contributed by atoms with van der Waals surface area (Å²) in [6.07, 6.45) is 0.653. The summed E-state index contributed by atoms with van der Waals surface area (Å²) in [5.74, 6) is 0. The normalized spacial score (nSPS) is 36.4. The molecule has 3 nitrogen and oxygen atoms in total. The predicted molar refractivity (Wildman–Crippen MR) is 69.0 cm³/mol. The van der Waals surface area contributed by atoms with Gasteiger partial charge in [0, 0.05) is 45.3 Å². The molecule has 0 aliphatic carbocycles. The lowest BCUT2D eigenvalue weighted by Crippen LogP contribution is -2.49. The topological polar surface area (TPSA) is 27.3 Å². The van der Waals surface area contributed by atoms with Crippen molar-refractivity contribution in [3.05, 3.63) is 0 Å². The van der Waals surface area contributed by atoms with Crippen LogP contribution in [-0.4, -0.2) is 55.9 Å². The summed E-state index contributed by atoms with van der Waals surface area (Å²) in [5, 5.41) is 6.66. The highest BCUT2D eigenvalue weighted by molar-refractivity contribution is 5.00. The molecule has 0 aromatic rings. The summed E-state index contributed by atoms with van der Waals surface area (Å²) in [5.41, 5.74) is -0.882. The van der Waals surface area contributed by atoms with E-state index >= 15 is 0 Å². The Balaban J connectivity index is 1.88. The van der Waals surface area contributed by atoms with Gasteiger partial charge in [-0.3, -0.25) is 4.90 Å². The van der Waals surface area contributed by atoms with Gasteiger partial charge < -0.3 is 10.6 Å². The summed E-state index contributed by atoms with van der Waals surface area (Å²) < 4.78 is 14.8. The Hall–Kier alpha value is -0.190. The lowest BCUT2D eigenvalue weighted by atomic mass is 9.83. The summed E-state index contributed by atoms with van der Waals surface area (Å²) in [4.78, 5) is 2.25. The number of hydrogen-bond acceptors (Lipinski definition) is 3. The molecule has 0 unspecified atom stereocenters. The molecule has 100 valence electrons. The van der Waals surface area contributed by atoms with E-state index in [1.165, 1.54) is 0 Å². The van der Waals surface area contributed by atoms with Crippen LogP contribution in [0.15, 0.2) is 0 Å². The smallest absolute Gasteiger partial charge is 0.137 e. The van der Waals surface area contributed by atoms with Gasteiger partial charge in [-0.2, -0.15) is 0 Å². The van der Waals surface area contributed by atoms with E-state index in [0.29, 0.717) is 25.6 Å². The van der Waals surface area contributed by atoms with Crippen LogP contribution in [0, 0.1) is 5.41 Å². The number of rotatable bonds is 2. The summed E-state index contributed by atoms with van der Waals surface area (Å²) in [6, 6.07) is 0.301. The van der Waals surface area contributed by atoms with Gasteiger partial charge in [0.05, 0.1) is 0 Å². The maximum absolute atomic E-state index is 14.8. The van der Waals surface area contributed by atoms with Gasteiger partial charge in [0.1, 0.15) is 5.67 Å². The first-order valence-electron chi connectivity index (χ1n) is 6.74. The van der Waals surface area contributed by atoms with E-state index in [4.69, 9.17) is 0 Å². The first-order chi connectivity index (χ1) is 7.89. The third-order valence-corrected chi connectivity index (χ3v) is 4.00. The van der Waals surface area contributed by atoms with Crippen LogP contribution in [0.5, 0.6) is 0 Å². The zero-order valence-corrected chi connectivity index (χ0v) is 11.4. The van der Waals surface area contributed by atoms with E-state index in [1.54, 1.807) is 0 Å². The second-order valence-corrected chi connectivity index (χ2v) is 6.68. The number of piperazine rings is 1. The van der Waals surface area contributed by atoms with E-state index in [-0.39, 0.29) is 5.41 Å². The van der Waals surface area contributed by atoms with Crippen LogP contribution in [-0.2, 0) is 0 Å². The van der Waals surface area contributed by atoms with Crippen molar-refractivity contribution < 1.29 is 4.39 Å². The lowest BCUT2D eigenvalue weighted by Gasteiger charge is -2.33. The van der Waals surface area contributed by atoms with Crippen LogP contribution in [0.4, 0.5) is 4.39 Å². The average molecular weight is 243 g/mol. The molecular weight excluding hydrogens is 217 g/mol. The van der Waals surface area contributed by atoms with Gasteiger partial charge in [-0.15, -0.1) is 0 Å². The summed E-state index contributed by atoms with van der Waals surface area (Å²) in [6.45, 7) is 11.6. The average Bonchev–Trinajstić information content (AvgIpc) is 2.62. The Bertz CT molecular complexity index is 258. The fourth-order valence-electron chi connectivity index (χ4n) is 2.82. The van der Waals surface area contributed by atoms with Crippen molar-refractivity contribution in [2.24, 2.45) is 5.41 Å². The first-order valence-corrected chi connectivity index (χ1v) is 6.74. The molecule has 2 saturated heterocycles. The number of nitrogens with zero attached hydrogens (tertiary/aromatic N) is 1. The van der Waals surface area contributed by atoms with Gasteiger partial charge in [-0.05, 0) is 11.8 Å². The van der Waals surface area contributed by atoms with E-state index in [2.05, 4.69) is 36.3 Å². The van der Waals surface area contributed by atoms with Crippen LogP contribution in [0.25, 0.3) is 0 Å². The second kappa shape index (κ2) is 4.82. The van der Waals surface area contributed by atoms with Crippen LogP contribution in [0.2, 0.25) is 0 Å². The fraction of sp³-hybridized carbons (Fsp3) is 1.00. The van der Waals surface area contributed by atoms with Gasteiger partial charge in [0.25, 0.3) is 0 Å². The molecule has 2 rings (SSSR count). The lowest BCUT2D eigenvalue weighted by molar-refractivity contribution is 0.0946. The standard InChI is InChI=1S/C13H26FN3/c1-12(2,3)11-8-13(14,9-16-11)10-17-6-4-15-5-7-17/h11,15-16H,4-10H2,1-3H3/t11-,13+/m0/s1. The number of hydrogen-bond donors (Lipinski definition) is 2. The molecule has 4 heteroatoms. The molecule has 2 N–H and O–H groups in total. The Labute approximate surface area is 104 Å². The number of nitrogens with one attached hydrogen (secondary N) is 2. The maximum Gasteiger partial charge on any atom is 0.137 e. The van der Waals surface area contributed by atoms with Crippen LogP contribution in [0.3, 0.4) is 0 Å². The largest absolute Gasteiger partial charge is 0.314 e. The van der Waals surface area contributed by atoms with Crippen LogP contribution < -0.4 is 10.6 Å². The van der Waals surface area contributed by atoms with Gasteiger partial charge >= 0.3 is 0 Å². The van der Waals surface area contributed by atoms with Crippen molar-refractivity contribution in [2.75, 3.05) is 39.3 Å². The minimum absolute atomic E-state index is 0.150. The van der Waals surface area contributed by atoms with Crippen molar-refractivity contribution in [1.82, 2.24) is 15.5 Å². The molecule has 2 heterocycles. The van der Waals surface area contributed by atoms with E-state index in [1.807, 2.05) is 0 Å². The monoisotopic (exact) mass is 243 g/mol. The van der Waals surface area contributed by atoms with Gasteiger partial charge in [0.2, 0.25) is 0 Å². The third-order valence-electron chi connectivity index (χ3n) is 4.00. The first kappa shape index (κ1) is 13.2. The molecule has 2 atom stereocenters. The van der Waals surface area contributed by atoms with Crippen molar-refractivity contribution >= 4 is 0 Å². The molecule has 2 fully saturated rings. The fourth-order valence-corrected chi connectivity index (χ4v) is 2.82. The third kappa shape index (κ3) is 3.39. The number of alkyl halides is 1. The highest BCUT2D eigenvalue weighted by atomic mass is 19.1. The Kier molecular flexibility index (Phi) is 3.76. The molecule has 0 aromatic heterocycles. The molecular formula is C13H26FN3. The molecule has 0 radical (unpaired) electrons. The van der Waals surface area contributed by atoms with Gasteiger partial charge in [-0.25, -0.2) is 4.39 Å². The minimum atomic E-state index is -1.03. The van der Waals surface area contributed by atoms with Crippen molar-refractivity contribution in [3.63, 3.8) is 0 Å². The molecule has 0 aromatic carbocycles. The van der Waals surface area contributed by atoms with Crippen molar-refractivity contribution in [2.45, 2.75) is 38.9 Å². The van der Waals surface area contributed by atoms with E-state index in [9.17, 15) is 4.39 Å². The maximum atomic E-state index is 14.8. The van der Waals surface area contributed by atoms with Gasteiger partial charge in [-0.1, -0.05) is 20.8 Å². The highest BCUT2D eigenvalue weighted by Crippen LogP contribution is 2.34. The highest BCUT2D eigenvalue weighted by Gasteiger charge is 2.44. The summed E-state index contributed by atoms with van der Waals surface area (Å²) >= 11 is 0. The Morgan fingerprint density at radius 1 is 1.29 bits per heavy atom. The zero-order valence-electron chi connectivity index (χ0n) is 11.4. The van der Waals surface area contributed by atoms with E-state index in [0.717, 1.165) is 26.2 Å². The van der Waals surface area contributed by atoms with Crippen molar-refractivity contribution in [1.29, 1.82) is 0 Å². The van der Waals surface area contributed by atoms with E-state index < -0.39 is 5.67 Å². The Morgan fingerprint density at radius 2 is 1.94 bits per heavy atom. The minimum Gasteiger partial charge on any atom is -0.314 e. The molecule has 17 heavy (non-hydrogen) atoms. The quantitative estimate of drug-likeness (QED) is 0.758.